The van der Waals surface area contributed by atoms with Gasteiger partial charge in [-0.15, -0.1) is 0 Å². The first kappa shape index (κ1) is 14.3. The Labute approximate surface area is 122 Å². The average molecular weight is 298 g/mol. The zero-order chi connectivity index (χ0) is 13.8. The van der Waals surface area contributed by atoms with E-state index in [2.05, 4.69) is 5.32 Å². The van der Waals surface area contributed by atoms with Crippen molar-refractivity contribution in [3.05, 3.63) is 69.5 Å². The van der Waals surface area contributed by atoms with E-state index >= 15 is 0 Å². The van der Waals surface area contributed by atoms with Gasteiger partial charge >= 0.3 is 0 Å². The molecule has 1 atom stereocenters. The molecule has 1 nitrogen and oxygen atoms in total. The maximum atomic E-state index is 14.2. The van der Waals surface area contributed by atoms with Crippen LogP contribution in [-0.4, -0.2) is 6.54 Å². The first-order valence-corrected chi connectivity index (χ1v) is 6.81. The molecule has 19 heavy (non-hydrogen) atoms. The molecular formula is C15H14Cl2FN. The summed E-state index contributed by atoms with van der Waals surface area (Å²) in [7, 11) is 0. The highest BCUT2D eigenvalue weighted by Crippen LogP contribution is 2.29. The summed E-state index contributed by atoms with van der Waals surface area (Å²) in [6.07, 6.45) is 0. The SMILES string of the molecule is CCNC(c1cccc(Cl)c1)c1cccc(Cl)c1F. The molecule has 2 aromatic carbocycles. The van der Waals surface area contributed by atoms with E-state index in [4.69, 9.17) is 23.2 Å². The quantitative estimate of drug-likeness (QED) is 0.852. The normalized spacial score (nSPS) is 12.4. The number of hydrogen-bond acceptors (Lipinski definition) is 1. The van der Waals surface area contributed by atoms with Crippen molar-refractivity contribution in [1.29, 1.82) is 0 Å². The molecule has 1 N–H and O–H groups in total. The van der Waals surface area contributed by atoms with Gasteiger partial charge in [-0.3, -0.25) is 0 Å². The highest BCUT2D eigenvalue weighted by Gasteiger charge is 2.18. The largest absolute Gasteiger partial charge is 0.306 e. The molecule has 0 amide bonds. The molecule has 2 rings (SSSR count). The third-order valence-electron chi connectivity index (χ3n) is 2.88. The molecule has 0 fully saturated rings. The van der Waals surface area contributed by atoms with Crippen molar-refractivity contribution < 1.29 is 4.39 Å². The van der Waals surface area contributed by atoms with E-state index in [1.807, 2.05) is 25.1 Å². The van der Waals surface area contributed by atoms with Crippen LogP contribution in [0.1, 0.15) is 24.1 Å². The minimum absolute atomic E-state index is 0.127. The third-order valence-corrected chi connectivity index (χ3v) is 3.41. The van der Waals surface area contributed by atoms with E-state index in [1.54, 1.807) is 24.3 Å². The Morgan fingerprint density at radius 2 is 1.89 bits per heavy atom. The first-order valence-electron chi connectivity index (χ1n) is 6.06. The maximum absolute atomic E-state index is 14.2. The lowest BCUT2D eigenvalue weighted by atomic mass is 9.98. The molecule has 0 aliphatic carbocycles. The van der Waals surface area contributed by atoms with Crippen LogP contribution in [0, 0.1) is 5.82 Å². The molecule has 0 aromatic heterocycles. The van der Waals surface area contributed by atoms with Gasteiger partial charge in [-0.1, -0.05) is 54.4 Å². The highest BCUT2D eigenvalue weighted by atomic mass is 35.5. The molecule has 100 valence electrons. The van der Waals surface area contributed by atoms with Gasteiger partial charge in [0.15, 0.2) is 0 Å². The van der Waals surface area contributed by atoms with Gasteiger partial charge in [0.2, 0.25) is 0 Å². The summed E-state index contributed by atoms with van der Waals surface area (Å²) in [4.78, 5) is 0. The van der Waals surface area contributed by atoms with Crippen molar-refractivity contribution in [2.45, 2.75) is 13.0 Å². The van der Waals surface area contributed by atoms with Crippen molar-refractivity contribution in [2.75, 3.05) is 6.54 Å². The van der Waals surface area contributed by atoms with Gasteiger partial charge in [0.05, 0.1) is 11.1 Å². The minimum atomic E-state index is -0.393. The summed E-state index contributed by atoms with van der Waals surface area (Å²) in [6.45, 7) is 2.68. The van der Waals surface area contributed by atoms with E-state index < -0.39 is 5.82 Å². The molecule has 0 bridgehead atoms. The molecule has 0 heterocycles. The summed E-state index contributed by atoms with van der Waals surface area (Å²) in [5, 5.41) is 4.01. The van der Waals surface area contributed by atoms with Crippen molar-refractivity contribution in [2.24, 2.45) is 0 Å². The Morgan fingerprint density at radius 1 is 1.16 bits per heavy atom. The molecule has 0 aliphatic rings. The van der Waals surface area contributed by atoms with Crippen LogP contribution >= 0.6 is 23.2 Å². The standard InChI is InChI=1S/C15H14Cl2FN/c1-2-19-15(10-5-3-6-11(16)9-10)12-7-4-8-13(17)14(12)18/h3-9,15,19H,2H2,1H3. The summed E-state index contributed by atoms with van der Waals surface area (Å²) in [5.74, 6) is -0.393. The second kappa shape index (κ2) is 6.38. The Morgan fingerprint density at radius 3 is 2.58 bits per heavy atom. The predicted octanol–water partition coefficient (Wildman–Crippen LogP) is 4.83. The van der Waals surface area contributed by atoms with Gasteiger partial charge < -0.3 is 5.32 Å². The zero-order valence-corrected chi connectivity index (χ0v) is 12.0. The predicted molar refractivity (Wildman–Crippen MR) is 78.4 cm³/mol. The first-order chi connectivity index (χ1) is 9.13. The molecule has 2 aromatic rings. The van der Waals surface area contributed by atoms with Gasteiger partial charge in [-0.05, 0) is 30.3 Å². The molecule has 0 spiro atoms. The van der Waals surface area contributed by atoms with Gasteiger partial charge in [0, 0.05) is 10.6 Å². The van der Waals surface area contributed by atoms with Gasteiger partial charge in [-0.25, -0.2) is 4.39 Å². The smallest absolute Gasteiger partial charge is 0.146 e. The van der Waals surface area contributed by atoms with Crippen LogP contribution in [0.25, 0.3) is 0 Å². The Hall–Kier alpha value is -1.09. The summed E-state index contributed by atoms with van der Waals surface area (Å²) >= 11 is 11.8. The van der Waals surface area contributed by atoms with Crippen LogP contribution in [0.4, 0.5) is 4.39 Å². The van der Waals surface area contributed by atoms with E-state index in [0.29, 0.717) is 17.1 Å². The monoisotopic (exact) mass is 297 g/mol. The Bertz CT molecular complexity index is 572. The number of nitrogens with one attached hydrogen (secondary N) is 1. The van der Waals surface area contributed by atoms with Crippen LogP contribution in [0.5, 0.6) is 0 Å². The molecule has 1 unspecified atom stereocenters. The molecule has 0 saturated carbocycles. The fourth-order valence-corrected chi connectivity index (χ4v) is 2.42. The third kappa shape index (κ3) is 3.27. The van der Waals surface area contributed by atoms with Crippen LogP contribution in [0.3, 0.4) is 0 Å². The van der Waals surface area contributed by atoms with Crippen molar-refractivity contribution in [1.82, 2.24) is 5.32 Å². The Kier molecular flexibility index (Phi) is 4.81. The lowest BCUT2D eigenvalue weighted by Gasteiger charge is -2.20. The van der Waals surface area contributed by atoms with Gasteiger partial charge in [0.1, 0.15) is 5.82 Å². The number of hydrogen-bond donors (Lipinski definition) is 1. The lowest BCUT2D eigenvalue weighted by Crippen LogP contribution is -2.23. The fourth-order valence-electron chi connectivity index (χ4n) is 2.04. The zero-order valence-electron chi connectivity index (χ0n) is 10.5. The van der Waals surface area contributed by atoms with E-state index in [-0.39, 0.29) is 11.1 Å². The molecule has 0 saturated heterocycles. The number of rotatable bonds is 4. The van der Waals surface area contributed by atoms with Gasteiger partial charge in [-0.2, -0.15) is 0 Å². The molecular weight excluding hydrogens is 284 g/mol. The van der Waals surface area contributed by atoms with E-state index in [1.165, 1.54) is 0 Å². The second-order valence-electron chi connectivity index (χ2n) is 4.19. The molecule has 4 heteroatoms. The summed E-state index contributed by atoms with van der Waals surface area (Å²) in [6, 6.07) is 12.1. The van der Waals surface area contributed by atoms with Gasteiger partial charge in [0.25, 0.3) is 0 Å². The maximum Gasteiger partial charge on any atom is 0.146 e. The average Bonchev–Trinajstić information content (AvgIpc) is 2.40. The summed E-state index contributed by atoms with van der Waals surface area (Å²) < 4.78 is 14.2. The van der Waals surface area contributed by atoms with E-state index in [9.17, 15) is 4.39 Å². The van der Waals surface area contributed by atoms with E-state index in [0.717, 1.165) is 5.56 Å². The number of benzene rings is 2. The van der Waals surface area contributed by atoms with Crippen molar-refractivity contribution in [3.63, 3.8) is 0 Å². The molecule has 0 aliphatic heterocycles. The highest BCUT2D eigenvalue weighted by molar-refractivity contribution is 6.31. The summed E-state index contributed by atoms with van der Waals surface area (Å²) in [5.41, 5.74) is 1.44. The number of halogens is 3. The molecule has 0 radical (unpaired) electrons. The Balaban J connectivity index is 2.48. The minimum Gasteiger partial charge on any atom is -0.306 e. The van der Waals surface area contributed by atoms with Crippen LogP contribution in [0.2, 0.25) is 10.0 Å². The fraction of sp³-hybridized carbons (Fsp3) is 0.200. The van der Waals surface area contributed by atoms with Crippen molar-refractivity contribution >= 4 is 23.2 Å². The van der Waals surface area contributed by atoms with Crippen LogP contribution in [-0.2, 0) is 0 Å². The second-order valence-corrected chi connectivity index (χ2v) is 5.03. The topological polar surface area (TPSA) is 12.0 Å². The lowest BCUT2D eigenvalue weighted by molar-refractivity contribution is 0.559. The van der Waals surface area contributed by atoms with Crippen LogP contribution in [0.15, 0.2) is 42.5 Å². The van der Waals surface area contributed by atoms with Crippen molar-refractivity contribution in [3.8, 4) is 0 Å². The van der Waals surface area contributed by atoms with Crippen LogP contribution < -0.4 is 5.32 Å².